The Labute approximate surface area is 139 Å². The Kier molecular flexibility index (Phi) is 5.69. The zero-order chi connectivity index (χ0) is 17.9. The van der Waals surface area contributed by atoms with Crippen molar-refractivity contribution in [1.29, 1.82) is 0 Å². The molecule has 24 heavy (non-hydrogen) atoms. The fourth-order valence-electron chi connectivity index (χ4n) is 2.65. The molecule has 2 rings (SSSR count). The number of nitrogens with two attached hydrogens (primary N) is 1. The molecule has 1 amide bonds. The van der Waals surface area contributed by atoms with Crippen LogP contribution in [-0.2, 0) is 17.5 Å². The van der Waals surface area contributed by atoms with Gasteiger partial charge in [0.25, 0.3) is 0 Å². The van der Waals surface area contributed by atoms with E-state index < -0.39 is 11.9 Å². The molecule has 1 saturated heterocycles. The molecule has 8 heteroatoms. The lowest BCUT2D eigenvalue weighted by atomic mass is 10.1. The van der Waals surface area contributed by atoms with E-state index in [4.69, 9.17) is 10.5 Å². The van der Waals surface area contributed by atoms with Gasteiger partial charge in [-0.15, -0.1) is 0 Å². The monoisotopic (exact) mass is 345 g/mol. The minimum Gasteiger partial charge on any atom is -0.472 e. The second-order valence-electron chi connectivity index (χ2n) is 6.22. The van der Waals surface area contributed by atoms with Gasteiger partial charge in [-0.3, -0.25) is 4.79 Å². The summed E-state index contributed by atoms with van der Waals surface area (Å²) in [6.07, 6.45) is -3.53. The van der Waals surface area contributed by atoms with Crippen LogP contribution >= 0.6 is 0 Å². The first kappa shape index (κ1) is 18.5. The van der Waals surface area contributed by atoms with E-state index in [-0.39, 0.29) is 30.4 Å². The van der Waals surface area contributed by atoms with Gasteiger partial charge >= 0.3 is 6.18 Å². The summed E-state index contributed by atoms with van der Waals surface area (Å²) >= 11 is 0. The maximum Gasteiger partial charge on any atom is 0.433 e. The number of nitrogens with zero attached hydrogens (tertiary/aromatic N) is 2. The third-order valence-electron chi connectivity index (χ3n) is 3.86. The largest absolute Gasteiger partial charge is 0.472 e. The van der Waals surface area contributed by atoms with Gasteiger partial charge in [-0.2, -0.15) is 13.2 Å². The molecule has 1 aliphatic heterocycles. The molecule has 1 aromatic heterocycles. The van der Waals surface area contributed by atoms with E-state index in [1.54, 1.807) is 4.90 Å². The molecule has 0 aromatic carbocycles. The summed E-state index contributed by atoms with van der Waals surface area (Å²) in [5.74, 6) is -0.212. The molecule has 0 spiro atoms. The van der Waals surface area contributed by atoms with E-state index in [9.17, 15) is 18.0 Å². The standard InChI is InChI=1S/C16H22F3N3O2/c1-10(2)15(23)22-5-3-4-12(9-22)24-14-7-11(8-20)6-13(21-14)16(17,18)19/h6-7,10,12H,3-5,8-9,20H2,1-2H3. The second-order valence-corrected chi connectivity index (χ2v) is 6.22. The first-order chi connectivity index (χ1) is 11.2. The normalized spacial score (nSPS) is 18.8. The molecule has 1 atom stereocenters. The van der Waals surface area contributed by atoms with E-state index >= 15 is 0 Å². The molecule has 0 saturated carbocycles. The highest BCUT2D eigenvalue weighted by molar-refractivity contribution is 5.78. The number of hydrogen-bond acceptors (Lipinski definition) is 4. The molecule has 0 radical (unpaired) electrons. The molecule has 1 unspecified atom stereocenters. The van der Waals surface area contributed by atoms with Crippen LogP contribution < -0.4 is 10.5 Å². The highest BCUT2D eigenvalue weighted by Crippen LogP contribution is 2.30. The van der Waals surface area contributed by atoms with Crippen molar-refractivity contribution in [3.63, 3.8) is 0 Å². The third-order valence-corrected chi connectivity index (χ3v) is 3.86. The predicted molar refractivity (Wildman–Crippen MR) is 82.2 cm³/mol. The minimum atomic E-state index is -4.56. The maximum absolute atomic E-state index is 12.9. The quantitative estimate of drug-likeness (QED) is 0.911. The molecular formula is C16H22F3N3O2. The molecule has 0 aliphatic carbocycles. The Morgan fingerprint density at radius 2 is 2.17 bits per heavy atom. The van der Waals surface area contributed by atoms with Crippen molar-refractivity contribution in [2.45, 2.75) is 45.5 Å². The van der Waals surface area contributed by atoms with Crippen molar-refractivity contribution in [3.05, 3.63) is 23.4 Å². The predicted octanol–water partition coefficient (Wildman–Crippen LogP) is 2.58. The van der Waals surface area contributed by atoms with Gasteiger partial charge in [0.2, 0.25) is 11.8 Å². The first-order valence-corrected chi connectivity index (χ1v) is 7.94. The Balaban J connectivity index is 2.14. The zero-order valence-electron chi connectivity index (χ0n) is 13.8. The van der Waals surface area contributed by atoms with E-state index in [2.05, 4.69) is 4.98 Å². The third kappa shape index (κ3) is 4.59. The summed E-state index contributed by atoms with van der Waals surface area (Å²) < 4.78 is 44.4. The summed E-state index contributed by atoms with van der Waals surface area (Å²) in [4.78, 5) is 17.3. The van der Waals surface area contributed by atoms with Crippen molar-refractivity contribution < 1.29 is 22.7 Å². The number of hydrogen-bond donors (Lipinski definition) is 1. The van der Waals surface area contributed by atoms with E-state index in [1.165, 1.54) is 6.07 Å². The van der Waals surface area contributed by atoms with Gasteiger partial charge in [0, 0.05) is 25.1 Å². The van der Waals surface area contributed by atoms with Crippen LogP contribution in [0.15, 0.2) is 12.1 Å². The summed E-state index contributed by atoms with van der Waals surface area (Å²) in [5, 5.41) is 0. The van der Waals surface area contributed by atoms with Gasteiger partial charge in [0.05, 0.1) is 6.54 Å². The van der Waals surface area contributed by atoms with Crippen molar-refractivity contribution in [1.82, 2.24) is 9.88 Å². The number of carbonyl (C=O) groups is 1. The average molecular weight is 345 g/mol. The molecule has 134 valence electrons. The summed E-state index contributed by atoms with van der Waals surface area (Å²) in [6.45, 7) is 4.59. The Bertz CT molecular complexity index is 590. The number of pyridine rings is 1. The van der Waals surface area contributed by atoms with E-state index in [0.29, 0.717) is 25.1 Å². The van der Waals surface area contributed by atoms with Crippen molar-refractivity contribution in [2.24, 2.45) is 11.7 Å². The topological polar surface area (TPSA) is 68.5 Å². The summed E-state index contributed by atoms with van der Waals surface area (Å²) in [5.41, 5.74) is 4.74. The lowest BCUT2D eigenvalue weighted by Crippen LogP contribution is -2.46. The minimum absolute atomic E-state index is 0.0166. The molecule has 2 heterocycles. The highest BCUT2D eigenvalue weighted by atomic mass is 19.4. The molecule has 1 aromatic rings. The van der Waals surface area contributed by atoms with Crippen molar-refractivity contribution in [3.8, 4) is 5.88 Å². The number of amides is 1. The van der Waals surface area contributed by atoms with Crippen LogP contribution in [0.2, 0.25) is 0 Å². The zero-order valence-corrected chi connectivity index (χ0v) is 13.8. The van der Waals surface area contributed by atoms with Gasteiger partial charge in [-0.1, -0.05) is 13.8 Å². The first-order valence-electron chi connectivity index (χ1n) is 7.94. The molecule has 5 nitrogen and oxygen atoms in total. The molecule has 1 aliphatic rings. The highest BCUT2D eigenvalue weighted by Gasteiger charge is 2.34. The van der Waals surface area contributed by atoms with E-state index in [0.717, 1.165) is 12.5 Å². The van der Waals surface area contributed by atoms with Gasteiger partial charge in [0.1, 0.15) is 11.8 Å². The number of rotatable bonds is 4. The van der Waals surface area contributed by atoms with Crippen LogP contribution in [0.25, 0.3) is 0 Å². The smallest absolute Gasteiger partial charge is 0.433 e. The Hall–Kier alpha value is -1.83. The van der Waals surface area contributed by atoms with Crippen molar-refractivity contribution >= 4 is 5.91 Å². The van der Waals surface area contributed by atoms with E-state index in [1.807, 2.05) is 13.8 Å². The summed E-state index contributed by atoms with van der Waals surface area (Å²) in [7, 11) is 0. The number of halogens is 3. The van der Waals surface area contributed by atoms with Crippen molar-refractivity contribution in [2.75, 3.05) is 13.1 Å². The number of likely N-dealkylation sites (tertiary alicyclic amines) is 1. The van der Waals surface area contributed by atoms with Crippen LogP contribution in [0.3, 0.4) is 0 Å². The summed E-state index contributed by atoms with van der Waals surface area (Å²) in [6, 6.07) is 2.33. The average Bonchev–Trinajstić information content (AvgIpc) is 2.53. The fraction of sp³-hybridized carbons (Fsp3) is 0.625. The van der Waals surface area contributed by atoms with Crippen LogP contribution in [0.4, 0.5) is 13.2 Å². The number of carbonyl (C=O) groups excluding carboxylic acids is 1. The lowest BCUT2D eigenvalue weighted by Gasteiger charge is -2.33. The van der Waals surface area contributed by atoms with Gasteiger partial charge in [-0.05, 0) is 24.5 Å². The molecule has 2 N–H and O–H groups in total. The number of alkyl halides is 3. The number of ether oxygens (including phenoxy) is 1. The van der Waals surface area contributed by atoms with Crippen LogP contribution in [0.5, 0.6) is 5.88 Å². The maximum atomic E-state index is 12.9. The molecule has 0 bridgehead atoms. The van der Waals surface area contributed by atoms with Gasteiger partial charge in [-0.25, -0.2) is 4.98 Å². The lowest BCUT2D eigenvalue weighted by molar-refractivity contribution is -0.141. The SMILES string of the molecule is CC(C)C(=O)N1CCCC(Oc2cc(CN)cc(C(F)(F)F)n2)C1. The Morgan fingerprint density at radius 1 is 1.46 bits per heavy atom. The van der Waals surface area contributed by atoms with Crippen LogP contribution in [0.1, 0.15) is 37.9 Å². The molecule has 1 fully saturated rings. The Morgan fingerprint density at radius 3 is 2.75 bits per heavy atom. The molecular weight excluding hydrogens is 323 g/mol. The second kappa shape index (κ2) is 7.38. The van der Waals surface area contributed by atoms with Gasteiger partial charge < -0.3 is 15.4 Å². The van der Waals surface area contributed by atoms with Crippen LogP contribution in [-0.4, -0.2) is 35.0 Å². The number of aromatic nitrogens is 1. The van der Waals surface area contributed by atoms with Crippen LogP contribution in [0, 0.1) is 5.92 Å². The van der Waals surface area contributed by atoms with Gasteiger partial charge in [0.15, 0.2) is 0 Å². The number of piperidine rings is 1. The fourth-order valence-corrected chi connectivity index (χ4v) is 2.65.